The van der Waals surface area contributed by atoms with Crippen LogP contribution in [0.1, 0.15) is 24.2 Å². The summed E-state index contributed by atoms with van der Waals surface area (Å²) in [5.74, 6) is -3.60. The van der Waals surface area contributed by atoms with Gasteiger partial charge in [-0.15, -0.1) is 0 Å². The van der Waals surface area contributed by atoms with E-state index in [9.17, 15) is 22.0 Å². The van der Waals surface area contributed by atoms with Gasteiger partial charge in [-0.05, 0) is 26.0 Å². The van der Waals surface area contributed by atoms with Gasteiger partial charge in [0.1, 0.15) is 0 Å². The molecule has 0 aliphatic heterocycles. The Kier molecular flexibility index (Phi) is 4.93. The predicted molar refractivity (Wildman–Crippen MR) is 75.1 cm³/mol. The summed E-state index contributed by atoms with van der Waals surface area (Å²) in [7, 11) is -2.32. The predicted octanol–water partition coefficient (Wildman–Crippen LogP) is 1.99. The van der Waals surface area contributed by atoms with Gasteiger partial charge in [-0.2, -0.15) is 0 Å². The molecule has 1 rings (SSSR count). The van der Waals surface area contributed by atoms with E-state index in [1.807, 2.05) is 0 Å². The fourth-order valence-electron chi connectivity index (χ4n) is 1.39. The number of esters is 1. The molecule has 0 aliphatic carbocycles. The first-order valence-corrected chi connectivity index (χ1v) is 7.90. The van der Waals surface area contributed by atoms with E-state index in [0.717, 1.165) is 25.5 Å². The van der Waals surface area contributed by atoms with E-state index in [4.69, 9.17) is 0 Å². The van der Waals surface area contributed by atoms with E-state index < -0.39 is 37.8 Å². The summed E-state index contributed by atoms with van der Waals surface area (Å²) in [5.41, 5.74) is -0.750. The average Bonchev–Trinajstić information content (AvgIpc) is 2.38. The fraction of sp³-hybridized carbons (Fsp3) is 0.462. The molecule has 1 N–H and O–H groups in total. The lowest BCUT2D eigenvalue weighted by Crippen LogP contribution is -2.38. The highest BCUT2D eigenvalue weighted by Crippen LogP contribution is 2.23. The lowest BCUT2D eigenvalue weighted by molar-refractivity contribution is 0.0594. The summed E-state index contributed by atoms with van der Waals surface area (Å²) in [6.07, 6.45) is 1.06. The number of anilines is 1. The number of hydrogen-bond donors (Lipinski definition) is 1. The standard InChI is InChI=1S/C13H17F2NO4S/c1-13(2,21(4,18)19)7-16-9-6-5-8(12(17)20-3)10(14)11(9)15/h5-6,16H,7H2,1-4H3. The fourth-order valence-corrected chi connectivity index (χ4v) is 1.73. The van der Waals surface area contributed by atoms with Gasteiger partial charge in [-0.25, -0.2) is 22.0 Å². The SMILES string of the molecule is COC(=O)c1ccc(NCC(C)(C)S(C)(=O)=O)c(F)c1F. The highest BCUT2D eigenvalue weighted by atomic mass is 32.2. The first-order valence-electron chi connectivity index (χ1n) is 6.01. The summed E-state index contributed by atoms with van der Waals surface area (Å²) in [5, 5.41) is 2.54. The number of sulfone groups is 1. The molecule has 0 fully saturated rings. The molecule has 0 heterocycles. The first-order chi connectivity index (χ1) is 9.51. The van der Waals surface area contributed by atoms with Crippen molar-refractivity contribution in [3.05, 3.63) is 29.3 Å². The Morgan fingerprint density at radius 2 is 1.86 bits per heavy atom. The van der Waals surface area contributed by atoms with Gasteiger partial charge in [0.05, 0.1) is 23.1 Å². The van der Waals surface area contributed by atoms with Crippen LogP contribution in [0.3, 0.4) is 0 Å². The second-order valence-corrected chi connectivity index (χ2v) is 7.82. The number of carbonyl (C=O) groups is 1. The molecule has 0 aliphatic rings. The third-order valence-electron chi connectivity index (χ3n) is 3.20. The van der Waals surface area contributed by atoms with Crippen LogP contribution in [0, 0.1) is 11.6 Å². The molecule has 0 unspecified atom stereocenters. The number of carbonyl (C=O) groups excluding carboxylic acids is 1. The molecule has 0 radical (unpaired) electrons. The van der Waals surface area contributed by atoms with E-state index in [2.05, 4.69) is 10.1 Å². The van der Waals surface area contributed by atoms with Crippen LogP contribution in [0.25, 0.3) is 0 Å². The van der Waals surface area contributed by atoms with Gasteiger partial charge in [-0.1, -0.05) is 0 Å². The molecule has 5 nitrogen and oxygen atoms in total. The third kappa shape index (κ3) is 3.69. The Balaban J connectivity index is 3.03. The maximum atomic E-state index is 13.8. The molecule has 0 bridgehead atoms. The Labute approximate surface area is 122 Å². The molecule has 0 amide bonds. The van der Waals surface area contributed by atoms with Crippen molar-refractivity contribution in [2.45, 2.75) is 18.6 Å². The van der Waals surface area contributed by atoms with Crippen molar-refractivity contribution in [1.82, 2.24) is 0 Å². The largest absolute Gasteiger partial charge is 0.465 e. The third-order valence-corrected chi connectivity index (χ3v) is 5.35. The quantitative estimate of drug-likeness (QED) is 0.840. The van der Waals surface area contributed by atoms with Gasteiger partial charge in [0.2, 0.25) is 0 Å². The van der Waals surface area contributed by atoms with Crippen molar-refractivity contribution < 1.29 is 26.7 Å². The minimum atomic E-state index is -3.37. The summed E-state index contributed by atoms with van der Waals surface area (Å²) < 4.78 is 53.8. The molecule has 0 aromatic heterocycles. The molecule has 0 atom stereocenters. The Hall–Kier alpha value is -1.70. The summed E-state index contributed by atoms with van der Waals surface area (Å²) >= 11 is 0. The molecule has 0 saturated heterocycles. The number of hydrogen-bond acceptors (Lipinski definition) is 5. The van der Waals surface area contributed by atoms with Crippen molar-refractivity contribution >= 4 is 21.5 Å². The molecule has 21 heavy (non-hydrogen) atoms. The van der Waals surface area contributed by atoms with E-state index in [0.29, 0.717) is 0 Å². The second-order valence-electron chi connectivity index (χ2n) is 5.17. The molecule has 118 valence electrons. The molecule has 1 aromatic carbocycles. The molecule has 1 aromatic rings. The van der Waals surface area contributed by atoms with Crippen LogP contribution in [0.2, 0.25) is 0 Å². The van der Waals surface area contributed by atoms with Gasteiger partial charge >= 0.3 is 5.97 Å². The normalized spacial score (nSPS) is 12.1. The van der Waals surface area contributed by atoms with Crippen molar-refractivity contribution in [1.29, 1.82) is 0 Å². The maximum Gasteiger partial charge on any atom is 0.340 e. The van der Waals surface area contributed by atoms with Gasteiger partial charge < -0.3 is 10.1 Å². The molecular formula is C13H17F2NO4S. The average molecular weight is 321 g/mol. The number of ether oxygens (including phenoxy) is 1. The van der Waals surface area contributed by atoms with Crippen LogP contribution in [-0.2, 0) is 14.6 Å². The van der Waals surface area contributed by atoms with Gasteiger partial charge in [0.25, 0.3) is 0 Å². The zero-order valence-electron chi connectivity index (χ0n) is 12.2. The summed E-state index contributed by atoms with van der Waals surface area (Å²) in [6.45, 7) is 2.82. The van der Waals surface area contributed by atoms with Crippen LogP contribution in [0.15, 0.2) is 12.1 Å². The van der Waals surface area contributed by atoms with Crippen molar-refractivity contribution in [2.24, 2.45) is 0 Å². The van der Waals surface area contributed by atoms with Gasteiger partial charge in [0, 0.05) is 12.8 Å². The minimum Gasteiger partial charge on any atom is -0.465 e. The van der Waals surface area contributed by atoms with Gasteiger partial charge in [0.15, 0.2) is 21.5 Å². The highest BCUT2D eigenvalue weighted by Gasteiger charge is 2.30. The topological polar surface area (TPSA) is 72.5 Å². The number of methoxy groups -OCH3 is 1. The first kappa shape index (κ1) is 17.4. The molecular weight excluding hydrogens is 304 g/mol. The van der Waals surface area contributed by atoms with E-state index >= 15 is 0 Å². The smallest absolute Gasteiger partial charge is 0.340 e. The van der Waals surface area contributed by atoms with Crippen molar-refractivity contribution in [3.8, 4) is 0 Å². The summed E-state index contributed by atoms with van der Waals surface area (Å²) in [6, 6.07) is 2.23. The zero-order chi connectivity index (χ0) is 16.4. The van der Waals surface area contributed by atoms with E-state index in [1.54, 1.807) is 0 Å². The maximum absolute atomic E-state index is 13.8. The minimum absolute atomic E-state index is 0.111. The van der Waals surface area contributed by atoms with Crippen LogP contribution in [0.4, 0.5) is 14.5 Å². The number of halogens is 2. The Morgan fingerprint density at radius 1 is 1.29 bits per heavy atom. The van der Waals surface area contributed by atoms with Gasteiger partial charge in [-0.3, -0.25) is 0 Å². The monoisotopic (exact) mass is 321 g/mol. The highest BCUT2D eigenvalue weighted by molar-refractivity contribution is 7.92. The Morgan fingerprint density at radius 3 is 2.33 bits per heavy atom. The summed E-state index contributed by atoms with van der Waals surface area (Å²) in [4.78, 5) is 11.2. The number of nitrogens with one attached hydrogen (secondary N) is 1. The zero-order valence-corrected chi connectivity index (χ0v) is 13.0. The molecule has 8 heteroatoms. The van der Waals surface area contributed by atoms with Crippen LogP contribution < -0.4 is 5.32 Å². The van der Waals surface area contributed by atoms with E-state index in [-0.39, 0.29) is 12.2 Å². The lowest BCUT2D eigenvalue weighted by Gasteiger charge is -2.23. The van der Waals surface area contributed by atoms with Crippen LogP contribution in [-0.4, -0.2) is 39.0 Å². The number of benzene rings is 1. The second kappa shape index (κ2) is 5.97. The van der Waals surface area contributed by atoms with E-state index in [1.165, 1.54) is 13.8 Å². The van der Waals surface area contributed by atoms with Crippen LogP contribution >= 0.6 is 0 Å². The lowest BCUT2D eigenvalue weighted by atomic mass is 10.1. The van der Waals surface area contributed by atoms with Crippen molar-refractivity contribution in [2.75, 3.05) is 25.2 Å². The van der Waals surface area contributed by atoms with Crippen LogP contribution in [0.5, 0.6) is 0 Å². The number of rotatable bonds is 5. The molecule has 0 saturated carbocycles. The molecule has 0 spiro atoms. The van der Waals surface area contributed by atoms with Crippen molar-refractivity contribution in [3.63, 3.8) is 0 Å². The Bertz CT molecular complexity index is 656.